The standard InChI is InChI=1S/C15H9ClN2OS/c16-12-6-3-4-10(8-19)14(12)20-15-11-5-1-2-7-13(11)17-9-18-15/h1-9H. The van der Waals surface area contributed by atoms with Gasteiger partial charge in [0, 0.05) is 15.8 Å². The highest BCUT2D eigenvalue weighted by molar-refractivity contribution is 7.99. The molecule has 3 rings (SSSR count). The summed E-state index contributed by atoms with van der Waals surface area (Å²) in [6, 6.07) is 13.0. The van der Waals surface area contributed by atoms with Gasteiger partial charge >= 0.3 is 0 Å². The number of aldehydes is 1. The maximum Gasteiger partial charge on any atom is 0.151 e. The number of para-hydroxylation sites is 1. The maximum atomic E-state index is 11.1. The molecule has 0 N–H and O–H groups in total. The molecule has 3 aromatic rings. The molecule has 0 aliphatic carbocycles. The topological polar surface area (TPSA) is 42.9 Å². The van der Waals surface area contributed by atoms with E-state index in [0.717, 1.165) is 22.2 Å². The van der Waals surface area contributed by atoms with Crippen molar-refractivity contribution in [2.45, 2.75) is 9.92 Å². The van der Waals surface area contributed by atoms with Crippen LogP contribution in [-0.4, -0.2) is 16.3 Å². The summed E-state index contributed by atoms with van der Waals surface area (Å²) in [5.74, 6) is 0. The first-order chi connectivity index (χ1) is 9.79. The van der Waals surface area contributed by atoms with Gasteiger partial charge in [0.2, 0.25) is 0 Å². The number of rotatable bonds is 3. The van der Waals surface area contributed by atoms with Gasteiger partial charge in [-0.3, -0.25) is 4.79 Å². The van der Waals surface area contributed by atoms with E-state index >= 15 is 0 Å². The van der Waals surface area contributed by atoms with E-state index in [1.54, 1.807) is 18.2 Å². The van der Waals surface area contributed by atoms with Crippen molar-refractivity contribution in [3.63, 3.8) is 0 Å². The molecular formula is C15H9ClN2OS. The van der Waals surface area contributed by atoms with E-state index in [4.69, 9.17) is 11.6 Å². The molecule has 3 nitrogen and oxygen atoms in total. The number of hydrogen-bond donors (Lipinski definition) is 0. The molecule has 98 valence electrons. The van der Waals surface area contributed by atoms with Gasteiger partial charge in [-0.1, -0.05) is 53.7 Å². The van der Waals surface area contributed by atoms with E-state index in [1.165, 1.54) is 18.1 Å². The van der Waals surface area contributed by atoms with Crippen LogP contribution in [-0.2, 0) is 0 Å². The second kappa shape index (κ2) is 5.61. The third-order valence-electron chi connectivity index (χ3n) is 2.83. The average Bonchev–Trinajstić information content (AvgIpc) is 2.49. The van der Waals surface area contributed by atoms with Crippen molar-refractivity contribution in [3.05, 3.63) is 59.4 Å². The Morgan fingerprint density at radius 2 is 1.90 bits per heavy atom. The number of fused-ring (bicyclic) bond motifs is 1. The van der Waals surface area contributed by atoms with Crippen LogP contribution in [0.25, 0.3) is 10.9 Å². The van der Waals surface area contributed by atoms with Crippen LogP contribution in [0, 0.1) is 0 Å². The molecule has 0 unspecified atom stereocenters. The lowest BCUT2D eigenvalue weighted by atomic mass is 10.2. The van der Waals surface area contributed by atoms with Gasteiger partial charge in [0.15, 0.2) is 6.29 Å². The van der Waals surface area contributed by atoms with E-state index < -0.39 is 0 Å². The smallest absolute Gasteiger partial charge is 0.151 e. The third-order valence-corrected chi connectivity index (χ3v) is 4.43. The van der Waals surface area contributed by atoms with Gasteiger partial charge in [-0.05, 0) is 12.1 Å². The van der Waals surface area contributed by atoms with Gasteiger partial charge in [0.25, 0.3) is 0 Å². The van der Waals surface area contributed by atoms with Gasteiger partial charge in [-0.25, -0.2) is 9.97 Å². The van der Waals surface area contributed by atoms with E-state index in [-0.39, 0.29) is 0 Å². The highest BCUT2D eigenvalue weighted by Gasteiger charge is 2.11. The quantitative estimate of drug-likeness (QED) is 0.536. The molecule has 2 aromatic carbocycles. The minimum absolute atomic E-state index is 0.544. The lowest BCUT2D eigenvalue weighted by Crippen LogP contribution is -1.90. The predicted molar refractivity (Wildman–Crippen MR) is 80.5 cm³/mol. The second-order valence-corrected chi connectivity index (χ2v) is 5.48. The zero-order valence-electron chi connectivity index (χ0n) is 10.3. The summed E-state index contributed by atoms with van der Waals surface area (Å²) >= 11 is 7.57. The number of hydrogen-bond acceptors (Lipinski definition) is 4. The van der Waals surface area contributed by atoms with Crippen LogP contribution >= 0.6 is 23.4 Å². The maximum absolute atomic E-state index is 11.1. The predicted octanol–water partition coefficient (Wildman–Crippen LogP) is 4.25. The summed E-state index contributed by atoms with van der Waals surface area (Å²) in [4.78, 5) is 20.4. The highest BCUT2D eigenvalue weighted by Crippen LogP contribution is 2.37. The Balaban J connectivity index is 2.13. The Morgan fingerprint density at radius 3 is 2.75 bits per heavy atom. The molecule has 0 aliphatic rings. The fourth-order valence-electron chi connectivity index (χ4n) is 1.88. The van der Waals surface area contributed by atoms with Crippen molar-refractivity contribution in [2.75, 3.05) is 0 Å². The summed E-state index contributed by atoms with van der Waals surface area (Å²) in [6.07, 6.45) is 2.32. The first-order valence-corrected chi connectivity index (χ1v) is 7.10. The monoisotopic (exact) mass is 300 g/mol. The summed E-state index contributed by atoms with van der Waals surface area (Å²) in [7, 11) is 0. The van der Waals surface area contributed by atoms with Crippen LogP contribution in [0.1, 0.15) is 10.4 Å². The van der Waals surface area contributed by atoms with Crippen LogP contribution < -0.4 is 0 Å². The van der Waals surface area contributed by atoms with E-state index in [1.807, 2.05) is 24.3 Å². The molecule has 1 aromatic heterocycles. The average molecular weight is 301 g/mol. The Morgan fingerprint density at radius 1 is 1.05 bits per heavy atom. The molecule has 0 aliphatic heterocycles. The van der Waals surface area contributed by atoms with E-state index in [2.05, 4.69) is 9.97 Å². The fourth-order valence-corrected chi connectivity index (χ4v) is 3.16. The van der Waals surface area contributed by atoms with Crippen LogP contribution in [0.5, 0.6) is 0 Å². The van der Waals surface area contributed by atoms with Gasteiger partial charge in [0.05, 0.1) is 10.5 Å². The lowest BCUT2D eigenvalue weighted by Gasteiger charge is -2.08. The second-order valence-electron chi connectivity index (χ2n) is 4.07. The molecule has 0 amide bonds. The molecule has 0 bridgehead atoms. The van der Waals surface area contributed by atoms with Crippen molar-refractivity contribution in [1.29, 1.82) is 0 Å². The summed E-state index contributed by atoms with van der Waals surface area (Å²) < 4.78 is 0. The zero-order valence-corrected chi connectivity index (χ0v) is 11.9. The molecule has 5 heteroatoms. The van der Waals surface area contributed by atoms with E-state index in [0.29, 0.717) is 15.5 Å². The van der Waals surface area contributed by atoms with Crippen LogP contribution in [0.15, 0.2) is 58.7 Å². The van der Waals surface area contributed by atoms with Crippen molar-refractivity contribution in [2.24, 2.45) is 0 Å². The molecule has 0 spiro atoms. The summed E-state index contributed by atoms with van der Waals surface area (Å²) in [6.45, 7) is 0. The summed E-state index contributed by atoms with van der Waals surface area (Å²) in [5.41, 5.74) is 1.43. The van der Waals surface area contributed by atoms with Crippen molar-refractivity contribution < 1.29 is 4.79 Å². The Labute approximate surface area is 125 Å². The molecular weight excluding hydrogens is 292 g/mol. The van der Waals surface area contributed by atoms with Crippen molar-refractivity contribution in [1.82, 2.24) is 9.97 Å². The van der Waals surface area contributed by atoms with Gasteiger partial charge in [-0.2, -0.15) is 0 Å². The molecule has 1 heterocycles. The SMILES string of the molecule is O=Cc1cccc(Cl)c1Sc1ncnc2ccccc12. The Kier molecular flexibility index (Phi) is 3.67. The van der Waals surface area contributed by atoms with Crippen LogP contribution in [0.2, 0.25) is 5.02 Å². The lowest BCUT2D eigenvalue weighted by molar-refractivity contribution is 0.112. The van der Waals surface area contributed by atoms with Crippen molar-refractivity contribution >= 4 is 40.6 Å². The number of carbonyl (C=O) groups is 1. The zero-order chi connectivity index (χ0) is 13.9. The number of nitrogens with zero attached hydrogens (tertiary/aromatic N) is 2. The minimum atomic E-state index is 0.544. The number of aromatic nitrogens is 2. The summed E-state index contributed by atoms with van der Waals surface area (Å²) in [5, 5.41) is 2.27. The Bertz CT molecular complexity index is 786. The van der Waals surface area contributed by atoms with E-state index in [9.17, 15) is 4.79 Å². The Hall–Kier alpha value is -1.91. The highest BCUT2D eigenvalue weighted by atomic mass is 35.5. The number of halogens is 1. The molecule has 0 radical (unpaired) electrons. The first kappa shape index (κ1) is 13.1. The normalized spacial score (nSPS) is 10.7. The van der Waals surface area contributed by atoms with Crippen LogP contribution in [0.3, 0.4) is 0 Å². The van der Waals surface area contributed by atoms with Crippen molar-refractivity contribution in [3.8, 4) is 0 Å². The van der Waals surface area contributed by atoms with Gasteiger partial charge < -0.3 is 0 Å². The fraction of sp³-hybridized carbons (Fsp3) is 0. The van der Waals surface area contributed by atoms with Gasteiger partial charge in [0.1, 0.15) is 11.4 Å². The molecule has 20 heavy (non-hydrogen) atoms. The van der Waals surface area contributed by atoms with Gasteiger partial charge in [-0.15, -0.1) is 0 Å². The molecule has 0 atom stereocenters. The molecule has 0 saturated carbocycles. The minimum Gasteiger partial charge on any atom is -0.298 e. The molecule has 0 fully saturated rings. The molecule has 0 saturated heterocycles. The largest absolute Gasteiger partial charge is 0.298 e. The first-order valence-electron chi connectivity index (χ1n) is 5.91. The van der Waals surface area contributed by atoms with Crippen LogP contribution in [0.4, 0.5) is 0 Å². The third kappa shape index (κ3) is 2.40. The number of carbonyl (C=O) groups excluding carboxylic acids is 1. The number of benzene rings is 2.